The summed E-state index contributed by atoms with van der Waals surface area (Å²) in [5.74, 6) is -0.722. The van der Waals surface area contributed by atoms with Crippen LogP contribution < -0.4 is 0 Å². The lowest BCUT2D eigenvalue weighted by molar-refractivity contribution is -0.137. The number of hydrogen-bond acceptors (Lipinski definition) is 5. The molecule has 298 valence electrons. The number of hydrogen-bond donors (Lipinski definition) is 1. The number of carboxylic acids is 1. The van der Waals surface area contributed by atoms with Gasteiger partial charge in [0.2, 0.25) is 0 Å². The van der Waals surface area contributed by atoms with Crippen LogP contribution in [-0.2, 0) is 22.8 Å². The molecule has 6 nitrogen and oxygen atoms in total. The van der Waals surface area contributed by atoms with Crippen molar-refractivity contribution in [2.24, 2.45) is 0 Å². The van der Waals surface area contributed by atoms with E-state index in [9.17, 15) is 9.90 Å². The molecule has 51 heavy (non-hydrogen) atoms. The third-order valence-corrected chi connectivity index (χ3v) is 26.3. The molecule has 0 saturated carbocycles. The molecule has 0 spiro atoms. The Kier molecular flexibility index (Phi) is 25.4. The van der Waals surface area contributed by atoms with Crippen LogP contribution in [-0.4, -0.2) is 66.5 Å². The Balaban J connectivity index is 2.61. The molecule has 1 fully saturated rings. The van der Waals surface area contributed by atoms with Gasteiger partial charge in [0, 0.05) is 31.5 Å². The number of ether oxygens (including phenoxy) is 1. The minimum Gasteiger partial charge on any atom is -0.481 e. The van der Waals surface area contributed by atoms with E-state index in [1.807, 2.05) is 0 Å². The second-order valence-corrected chi connectivity index (χ2v) is 29.2. The van der Waals surface area contributed by atoms with E-state index in [0.29, 0.717) is 18.6 Å². The van der Waals surface area contributed by atoms with E-state index in [2.05, 4.69) is 106 Å². The van der Waals surface area contributed by atoms with Crippen LogP contribution in [0.5, 0.6) is 0 Å². The Morgan fingerprint density at radius 3 is 1.63 bits per heavy atom. The number of carbonyl (C=O) groups is 1. The van der Waals surface area contributed by atoms with E-state index < -0.39 is 30.9 Å². The lowest BCUT2D eigenvalue weighted by Crippen LogP contribution is -2.40. The van der Waals surface area contributed by atoms with Gasteiger partial charge in [0.15, 0.2) is 25.0 Å². The maximum absolute atomic E-state index is 11.2. The quantitative estimate of drug-likeness (QED) is 0.0236. The van der Waals surface area contributed by atoms with Crippen LogP contribution in [0.3, 0.4) is 0 Å². The van der Waals surface area contributed by atoms with Gasteiger partial charge in [0.05, 0.1) is 18.3 Å². The number of allylic oxidation sites excluding steroid dienone is 5. The summed E-state index contributed by atoms with van der Waals surface area (Å²) in [7, 11) is -5.10. The summed E-state index contributed by atoms with van der Waals surface area (Å²) in [5, 5.41) is 9.23. The Morgan fingerprint density at radius 2 is 1.10 bits per heavy atom. The van der Waals surface area contributed by atoms with Gasteiger partial charge in [0.1, 0.15) is 0 Å². The van der Waals surface area contributed by atoms with E-state index in [-0.39, 0.29) is 24.7 Å². The van der Waals surface area contributed by atoms with Gasteiger partial charge in [-0.05, 0) is 99.3 Å². The van der Waals surface area contributed by atoms with Crippen molar-refractivity contribution in [1.29, 1.82) is 0 Å². The van der Waals surface area contributed by atoms with Crippen molar-refractivity contribution in [1.82, 2.24) is 0 Å². The maximum atomic E-state index is 11.2. The van der Waals surface area contributed by atoms with Gasteiger partial charge in [0.25, 0.3) is 0 Å². The average molecular weight is 767 g/mol. The molecule has 1 heterocycles. The zero-order valence-electron chi connectivity index (χ0n) is 35.0. The van der Waals surface area contributed by atoms with Crippen LogP contribution in [0.4, 0.5) is 0 Å². The number of unbranched alkanes of at least 4 members (excludes halogenated alkanes) is 3. The molecule has 1 N–H and O–H groups in total. The molecule has 5 unspecified atom stereocenters. The first-order chi connectivity index (χ1) is 24.5. The van der Waals surface area contributed by atoms with E-state index in [1.165, 1.54) is 18.1 Å². The SMILES string of the molecule is CCC(CC1OC1CC(C=CC=CCCC=CCCCCC(CCC(=O)O)O[Si](CC)(CC)CC)O[Si](CC)(CC)CC)O[Si](CC)(CC)CC. The molecule has 1 rings (SSSR count). The summed E-state index contributed by atoms with van der Waals surface area (Å²) < 4.78 is 26.8. The molecule has 0 aromatic heterocycles. The molecule has 0 aliphatic carbocycles. The van der Waals surface area contributed by atoms with Crippen molar-refractivity contribution in [2.75, 3.05) is 0 Å². The van der Waals surface area contributed by atoms with Crippen molar-refractivity contribution >= 4 is 30.9 Å². The standard InChI is InChI=1S/C42H82O6Si3/c1-11-37(46-49(12-2,13-3)14-4)35-40-41(45-40)36-39(48-51(18-8,19-9)20-10)32-30-28-26-24-22-21-23-25-27-29-31-38(33-34-42(43)44)47-50(15-5,16-6)17-7/h21,23,26,28,30,32,37-41H,11-20,22,24-25,27,29,31,33-36H2,1-10H3,(H,43,44). The maximum Gasteiger partial charge on any atom is 0.303 e. The number of rotatable bonds is 33. The summed E-state index contributed by atoms with van der Waals surface area (Å²) >= 11 is 0. The Labute approximate surface area is 319 Å². The lowest BCUT2D eigenvalue weighted by atomic mass is 10.1. The van der Waals surface area contributed by atoms with E-state index in [0.717, 1.165) is 94.1 Å². The molecule has 0 aromatic rings. The normalized spacial score (nSPS) is 19.0. The summed E-state index contributed by atoms with van der Waals surface area (Å²) in [6.45, 7) is 22.9. The topological polar surface area (TPSA) is 77.5 Å². The van der Waals surface area contributed by atoms with Crippen LogP contribution >= 0.6 is 0 Å². The highest BCUT2D eigenvalue weighted by atomic mass is 28.4. The van der Waals surface area contributed by atoms with E-state index >= 15 is 0 Å². The van der Waals surface area contributed by atoms with Gasteiger partial charge < -0.3 is 23.1 Å². The fourth-order valence-electron chi connectivity index (χ4n) is 7.55. The molecule has 1 aliphatic heterocycles. The summed E-state index contributed by atoms with van der Waals surface area (Å²) in [6, 6.07) is 10.4. The molecule has 1 saturated heterocycles. The Bertz CT molecular complexity index is 964. The molecule has 1 aliphatic rings. The third-order valence-electron chi connectivity index (χ3n) is 12.2. The van der Waals surface area contributed by atoms with Crippen molar-refractivity contribution in [3.63, 3.8) is 0 Å². The van der Waals surface area contributed by atoms with Crippen LogP contribution in [0.2, 0.25) is 54.4 Å². The van der Waals surface area contributed by atoms with Crippen molar-refractivity contribution in [2.45, 2.75) is 225 Å². The van der Waals surface area contributed by atoms with Crippen molar-refractivity contribution in [3.8, 4) is 0 Å². The largest absolute Gasteiger partial charge is 0.481 e. The fraction of sp³-hybridized carbons (Fsp3) is 0.833. The predicted molar refractivity (Wildman–Crippen MR) is 226 cm³/mol. The zero-order chi connectivity index (χ0) is 38.2. The minimum atomic E-state index is -1.75. The summed E-state index contributed by atoms with van der Waals surface area (Å²) in [4.78, 5) is 11.2. The van der Waals surface area contributed by atoms with E-state index in [4.69, 9.17) is 18.0 Å². The molecule has 5 atom stereocenters. The Hall–Kier alpha value is -0.819. The number of epoxide rings is 1. The van der Waals surface area contributed by atoms with Gasteiger partial charge in [-0.1, -0.05) is 112 Å². The number of carboxylic acid groups (broad SMARTS) is 1. The predicted octanol–water partition coefficient (Wildman–Crippen LogP) is 13.0. The van der Waals surface area contributed by atoms with Gasteiger partial charge in [-0.3, -0.25) is 4.79 Å². The third kappa shape index (κ3) is 18.4. The molecule has 0 radical (unpaired) electrons. The molecular formula is C42H82O6Si3. The molecule has 0 aromatic carbocycles. The second kappa shape index (κ2) is 26.9. The highest BCUT2D eigenvalue weighted by Gasteiger charge is 2.44. The van der Waals surface area contributed by atoms with Gasteiger partial charge >= 0.3 is 5.97 Å². The lowest BCUT2D eigenvalue weighted by Gasteiger charge is -2.33. The fourth-order valence-corrected chi connectivity index (χ4v) is 16.3. The van der Waals surface area contributed by atoms with Crippen LogP contribution in [0.25, 0.3) is 0 Å². The summed E-state index contributed by atoms with van der Waals surface area (Å²) in [6.07, 6.45) is 24.8. The Morgan fingerprint density at radius 1 is 0.608 bits per heavy atom. The minimum absolute atomic E-state index is 0.0877. The van der Waals surface area contributed by atoms with Crippen LogP contribution in [0.15, 0.2) is 36.5 Å². The van der Waals surface area contributed by atoms with Gasteiger partial charge in [-0.15, -0.1) is 0 Å². The highest BCUT2D eigenvalue weighted by molar-refractivity contribution is 6.74. The van der Waals surface area contributed by atoms with Gasteiger partial charge in [-0.2, -0.15) is 0 Å². The van der Waals surface area contributed by atoms with Crippen molar-refractivity contribution in [3.05, 3.63) is 36.5 Å². The summed E-state index contributed by atoms with van der Waals surface area (Å²) in [5.41, 5.74) is 0. The first kappa shape index (κ1) is 48.2. The van der Waals surface area contributed by atoms with Gasteiger partial charge in [-0.25, -0.2) is 0 Å². The first-order valence-electron chi connectivity index (χ1n) is 21.4. The zero-order valence-corrected chi connectivity index (χ0v) is 38.0. The monoisotopic (exact) mass is 767 g/mol. The molecule has 0 amide bonds. The first-order valence-corrected chi connectivity index (χ1v) is 29.0. The van der Waals surface area contributed by atoms with Crippen molar-refractivity contribution < 1.29 is 27.9 Å². The average Bonchev–Trinajstić information content (AvgIpc) is 3.89. The molecule has 9 heteroatoms. The van der Waals surface area contributed by atoms with Crippen LogP contribution in [0, 0.1) is 0 Å². The second-order valence-electron chi connectivity index (χ2n) is 15.0. The van der Waals surface area contributed by atoms with E-state index in [1.54, 1.807) is 0 Å². The smallest absolute Gasteiger partial charge is 0.303 e. The van der Waals surface area contributed by atoms with Crippen LogP contribution in [0.1, 0.15) is 140 Å². The molecular weight excluding hydrogens is 685 g/mol. The highest BCUT2D eigenvalue weighted by Crippen LogP contribution is 2.36. The molecule has 0 bridgehead atoms. The number of aliphatic carboxylic acids is 1.